The summed E-state index contributed by atoms with van der Waals surface area (Å²) in [6, 6.07) is 10.1. The van der Waals surface area contributed by atoms with Gasteiger partial charge in [0.1, 0.15) is 11.6 Å². The Morgan fingerprint density at radius 1 is 1.27 bits per heavy atom. The highest BCUT2D eigenvalue weighted by atomic mass is 32.2. The molecular formula is C18H21FN2O4S. The van der Waals surface area contributed by atoms with Gasteiger partial charge in [-0.3, -0.25) is 4.98 Å². The highest BCUT2D eigenvalue weighted by molar-refractivity contribution is 7.88. The van der Waals surface area contributed by atoms with Gasteiger partial charge in [-0.2, -0.15) is 0 Å². The van der Waals surface area contributed by atoms with Gasteiger partial charge in [0.2, 0.25) is 10.0 Å². The van der Waals surface area contributed by atoms with Crippen molar-refractivity contribution in [2.24, 2.45) is 5.92 Å². The van der Waals surface area contributed by atoms with Gasteiger partial charge in [0.25, 0.3) is 0 Å². The molecular weight excluding hydrogens is 359 g/mol. The van der Waals surface area contributed by atoms with E-state index in [4.69, 9.17) is 9.47 Å². The number of pyridine rings is 1. The molecule has 0 radical (unpaired) electrons. The van der Waals surface area contributed by atoms with Crippen molar-refractivity contribution in [3.05, 3.63) is 48.4 Å². The molecule has 0 amide bonds. The van der Waals surface area contributed by atoms with E-state index in [1.165, 1.54) is 12.3 Å². The lowest BCUT2D eigenvalue weighted by molar-refractivity contribution is 0.0187. The van der Waals surface area contributed by atoms with Crippen molar-refractivity contribution in [3.8, 4) is 17.0 Å². The van der Waals surface area contributed by atoms with Crippen LogP contribution in [0.25, 0.3) is 11.3 Å². The molecule has 1 aliphatic rings. The Balaban J connectivity index is 1.61. The molecule has 2 atom stereocenters. The number of ether oxygens (including phenoxy) is 2. The average molecular weight is 380 g/mol. The summed E-state index contributed by atoms with van der Waals surface area (Å²) in [6.07, 6.45) is 2.95. The molecule has 1 aromatic carbocycles. The SMILES string of the molecule is CS(=O)(=O)NC1CCOCC1COc1ccc(-c2ccc(F)cn2)cc1. The first-order chi connectivity index (χ1) is 12.4. The highest BCUT2D eigenvalue weighted by Crippen LogP contribution is 2.22. The van der Waals surface area contributed by atoms with Crippen LogP contribution in [-0.2, 0) is 14.8 Å². The molecule has 3 rings (SSSR count). The van der Waals surface area contributed by atoms with Crippen molar-refractivity contribution in [3.63, 3.8) is 0 Å². The summed E-state index contributed by atoms with van der Waals surface area (Å²) in [5, 5.41) is 0. The number of hydrogen-bond donors (Lipinski definition) is 1. The van der Waals surface area contributed by atoms with E-state index in [2.05, 4.69) is 9.71 Å². The van der Waals surface area contributed by atoms with Crippen LogP contribution in [0.2, 0.25) is 0 Å². The first-order valence-electron chi connectivity index (χ1n) is 8.30. The second kappa shape index (κ2) is 8.11. The number of rotatable bonds is 6. The van der Waals surface area contributed by atoms with Gasteiger partial charge in [-0.05, 0) is 42.8 Å². The van der Waals surface area contributed by atoms with Gasteiger partial charge in [0.05, 0.1) is 31.4 Å². The zero-order valence-corrected chi connectivity index (χ0v) is 15.2. The molecule has 1 fully saturated rings. The summed E-state index contributed by atoms with van der Waals surface area (Å²) in [4.78, 5) is 4.04. The maximum Gasteiger partial charge on any atom is 0.208 e. The summed E-state index contributed by atoms with van der Waals surface area (Å²) in [6.45, 7) is 1.33. The first kappa shape index (κ1) is 18.8. The zero-order valence-electron chi connectivity index (χ0n) is 14.4. The van der Waals surface area contributed by atoms with Crippen molar-refractivity contribution < 1.29 is 22.3 Å². The van der Waals surface area contributed by atoms with Crippen LogP contribution in [0.4, 0.5) is 4.39 Å². The normalized spacial score (nSPS) is 20.7. The molecule has 0 bridgehead atoms. The van der Waals surface area contributed by atoms with E-state index in [0.29, 0.717) is 37.7 Å². The summed E-state index contributed by atoms with van der Waals surface area (Å²) in [5.41, 5.74) is 1.53. The van der Waals surface area contributed by atoms with Gasteiger partial charge in [-0.25, -0.2) is 17.5 Å². The molecule has 1 aliphatic heterocycles. The summed E-state index contributed by atoms with van der Waals surface area (Å²) in [7, 11) is -3.27. The van der Waals surface area contributed by atoms with E-state index in [1.807, 2.05) is 24.3 Å². The van der Waals surface area contributed by atoms with Crippen LogP contribution in [0.1, 0.15) is 6.42 Å². The third-order valence-electron chi connectivity index (χ3n) is 4.18. The molecule has 2 unspecified atom stereocenters. The van der Waals surface area contributed by atoms with E-state index in [-0.39, 0.29) is 17.8 Å². The molecule has 2 heterocycles. The maximum atomic E-state index is 12.9. The molecule has 1 aromatic heterocycles. The second-order valence-corrected chi connectivity index (χ2v) is 8.10. The molecule has 8 heteroatoms. The van der Waals surface area contributed by atoms with Crippen molar-refractivity contribution in [2.75, 3.05) is 26.1 Å². The lowest BCUT2D eigenvalue weighted by atomic mass is 9.98. The van der Waals surface area contributed by atoms with Crippen LogP contribution in [0.3, 0.4) is 0 Å². The smallest absolute Gasteiger partial charge is 0.208 e. The van der Waals surface area contributed by atoms with Crippen LogP contribution < -0.4 is 9.46 Å². The van der Waals surface area contributed by atoms with E-state index < -0.39 is 10.0 Å². The molecule has 0 saturated carbocycles. The molecule has 1 saturated heterocycles. The van der Waals surface area contributed by atoms with E-state index in [9.17, 15) is 12.8 Å². The number of sulfonamides is 1. The number of nitrogens with one attached hydrogen (secondary N) is 1. The fraction of sp³-hybridized carbons (Fsp3) is 0.389. The molecule has 140 valence electrons. The van der Waals surface area contributed by atoms with Gasteiger partial charge >= 0.3 is 0 Å². The monoisotopic (exact) mass is 380 g/mol. The summed E-state index contributed by atoms with van der Waals surface area (Å²) in [5.74, 6) is 0.233. The number of aromatic nitrogens is 1. The molecule has 0 aliphatic carbocycles. The Hall–Kier alpha value is -2.03. The van der Waals surface area contributed by atoms with Crippen molar-refractivity contribution in [1.82, 2.24) is 9.71 Å². The standard InChI is InChI=1S/C18H21FN2O4S/c1-26(22,23)21-18-8-9-24-11-14(18)12-25-16-5-2-13(3-6-16)17-7-4-15(19)10-20-17/h2-7,10,14,18,21H,8-9,11-12H2,1H3. The Kier molecular flexibility index (Phi) is 5.85. The highest BCUT2D eigenvalue weighted by Gasteiger charge is 2.28. The Bertz CT molecular complexity index is 825. The molecule has 1 N–H and O–H groups in total. The predicted octanol–water partition coefficient (Wildman–Crippen LogP) is 2.22. The molecule has 26 heavy (non-hydrogen) atoms. The molecule has 0 spiro atoms. The van der Waals surface area contributed by atoms with Gasteiger partial charge in [-0.15, -0.1) is 0 Å². The average Bonchev–Trinajstić information content (AvgIpc) is 2.61. The lowest BCUT2D eigenvalue weighted by Crippen LogP contribution is -2.47. The van der Waals surface area contributed by atoms with Crippen LogP contribution >= 0.6 is 0 Å². The topological polar surface area (TPSA) is 77.5 Å². The number of nitrogens with zero attached hydrogens (tertiary/aromatic N) is 1. The van der Waals surface area contributed by atoms with Crippen molar-refractivity contribution >= 4 is 10.0 Å². The largest absolute Gasteiger partial charge is 0.493 e. The Morgan fingerprint density at radius 2 is 2.04 bits per heavy atom. The van der Waals surface area contributed by atoms with Gasteiger partial charge in [-0.1, -0.05) is 0 Å². The number of halogens is 1. The van der Waals surface area contributed by atoms with Crippen LogP contribution in [0.15, 0.2) is 42.6 Å². The summed E-state index contributed by atoms with van der Waals surface area (Å²) >= 11 is 0. The van der Waals surface area contributed by atoms with E-state index in [0.717, 1.165) is 11.8 Å². The Labute approximate surface area is 152 Å². The fourth-order valence-corrected chi connectivity index (χ4v) is 3.72. The number of benzene rings is 1. The van der Waals surface area contributed by atoms with Gasteiger partial charge in [0, 0.05) is 24.1 Å². The van der Waals surface area contributed by atoms with Crippen LogP contribution in [0.5, 0.6) is 5.75 Å². The number of hydrogen-bond acceptors (Lipinski definition) is 5. The third kappa shape index (κ3) is 5.23. The van der Waals surface area contributed by atoms with E-state index in [1.54, 1.807) is 6.07 Å². The molecule has 6 nitrogen and oxygen atoms in total. The lowest BCUT2D eigenvalue weighted by Gasteiger charge is -2.31. The summed E-state index contributed by atoms with van der Waals surface area (Å²) < 4.78 is 49.8. The van der Waals surface area contributed by atoms with Crippen LogP contribution in [-0.4, -0.2) is 45.5 Å². The third-order valence-corrected chi connectivity index (χ3v) is 4.91. The minimum Gasteiger partial charge on any atom is -0.493 e. The minimum atomic E-state index is -3.27. The predicted molar refractivity (Wildman–Crippen MR) is 95.8 cm³/mol. The molecule has 2 aromatic rings. The Morgan fingerprint density at radius 3 is 2.69 bits per heavy atom. The van der Waals surface area contributed by atoms with Crippen molar-refractivity contribution in [2.45, 2.75) is 12.5 Å². The van der Waals surface area contributed by atoms with Gasteiger partial charge < -0.3 is 9.47 Å². The maximum absolute atomic E-state index is 12.9. The fourth-order valence-electron chi connectivity index (χ4n) is 2.86. The van der Waals surface area contributed by atoms with E-state index >= 15 is 0 Å². The first-order valence-corrected chi connectivity index (χ1v) is 10.2. The quantitative estimate of drug-likeness (QED) is 0.832. The second-order valence-electron chi connectivity index (χ2n) is 6.32. The van der Waals surface area contributed by atoms with Crippen molar-refractivity contribution in [1.29, 1.82) is 0 Å². The minimum absolute atomic E-state index is 0.0584. The zero-order chi connectivity index (χ0) is 18.6. The van der Waals surface area contributed by atoms with Gasteiger partial charge in [0.15, 0.2) is 0 Å². The van der Waals surface area contributed by atoms with Crippen LogP contribution in [0, 0.1) is 11.7 Å².